The second-order valence-corrected chi connectivity index (χ2v) is 11.2. The maximum atomic E-state index is 12.6. The molecule has 2 aliphatic rings. The predicted octanol–water partition coefficient (Wildman–Crippen LogP) is 3.78. The number of sulfonamides is 1. The number of hydrogen-bond donors (Lipinski definition) is 1. The van der Waals surface area contributed by atoms with Gasteiger partial charge in [0.1, 0.15) is 4.21 Å². The summed E-state index contributed by atoms with van der Waals surface area (Å²) < 4.78 is 27.2. The molecular formula is C20H35IN4O2S2. The molecule has 2 heterocycles. The maximum absolute atomic E-state index is 12.6. The van der Waals surface area contributed by atoms with Crippen molar-refractivity contribution in [3.8, 4) is 0 Å². The van der Waals surface area contributed by atoms with Crippen molar-refractivity contribution in [1.82, 2.24) is 14.5 Å². The average Bonchev–Trinajstić information content (AvgIpc) is 3.42. The Hall–Kier alpha value is -0.390. The van der Waals surface area contributed by atoms with Crippen molar-refractivity contribution in [3.63, 3.8) is 0 Å². The Morgan fingerprint density at radius 1 is 1.24 bits per heavy atom. The molecule has 1 aliphatic heterocycles. The minimum Gasteiger partial charge on any atom is -0.356 e. The fourth-order valence-corrected chi connectivity index (χ4v) is 7.57. The molecule has 9 heteroatoms. The number of hydrogen-bond acceptors (Lipinski definition) is 4. The van der Waals surface area contributed by atoms with Crippen molar-refractivity contribution in [3.05, 3.63) is 17.0 Å². The molecular weight excluding hydrogens is 519 g/mol. The molecule has 1 aliphatic carbocycles. The Morgan fingerprint density at radius 2 is 1.93 bits per heavy atom. The lowest BCUT2D eigenvalue weighted by molar-refractivity contribution is 0.309. The molecule has 1 N–H and O–H groups in total. The van der Waals surface area contributed by atoms with Crippen LogP contribution < -0.4 is 5.32 Å². The first kappa shape index (κ1) is 24.9. The summed E-state index contributed by atoms with van der Waals surface area (Å²) in [6.45, 7) is 7.73. The Labute approximate surface area is 197 Å². The molecule has 1 saturated carbocycles. The molecule has 0 bridgehead atoms. The normalized spacial score (nSPS) is 19.2. The van der Waals surface area contributed by atoms with Gasteiger partial charge in [0.05, 0.1) is 0 Å². The molecule has 0 unspecified atom stereocenters. The summed E-state index contributed by atoms with van der Waals surface area (Å²) in [7, 11) is -1.50. The van der Waals surface area contributed by atoms with E-state index in [1.54, 1.807) is 6.07 Å². The van der Waals surface area contributed by atoms with Crippen LogP contribution >= 0.6 is 35.3 Å². The molecule has 0 radical (unpaired) electrons. The van der Waals surface area contributed by atoms with E-state index in [4.69, 9.17) is 0 Å². The van der Waals surface area contributed by atoms with Gasteiger partial charge < -0.3 is 10.2 Å². The summed E-state index contributed by atoms with van der Waals surface area (Å²) in [4.78, 5) is 7.96. The number of likely N-dealkylation sites (tertiary alicyclic amines) is 1. The first-order valence-electron chi connectivity index (χ1n) is 10.5. The van der Waals surface area contributed by atoms with Crippen molar-refractivity contribution in [2.75, 3.05) is 39.8 Å². The zero-order valence-corrected chi connectivity index (χ0v) is 21.8. The molecule has 2 fully saturated rings. The largest absolute Gasteiger partial charge is 0.356 e. The van der Waals surface area contributed by atoms with Crippen molar-refractivity contribution in [2.45, 2.75) is 56.6 Å². The first-order valence-corrected chi connectivity index (χ1v) is 12.7. The van der Waals surface area contributed by atoms with Crippen LogP contribution in [-0.2, 0) is 16.4 Å². The van der Waals surface area contributed by atoms with Gasteiger partial charge in [0.25, 0.3) is 10.0 Å². The summed E-state index contributed by atoms with van der Waals surface area (Å²) >= 11 is 1.38. The molecule has 6 nitrogen and oxygen atoms in total. The highest BCUT2D eigenvalue weighted by Crippen LogP contribution is 2.45. The van der Waals surface area contributed by atoms with Crippen LogP contribution in [0.4, 0.5) is 0 Å². The number of thiophene rings is 1. The first-order chi connectivity index (χ1) is 13.4. The third-order valence-electron chi connectivity index (χ3n) is 6.20. The Kier molecular flexibility index (Phi) is 9.24. The summed E-state index contributed by atoms with van der Waals surface area (Å²) in [6.07, 6.45) is 7.55. The molecule has 0 aromatic carbocycles. The Bertz CT molecular complexity index is 784. The summed E-state index contributed by atoms with van der Waals surface area (Å²) in [5, 5.41) is 3.48. The van der Waals surface area contributed by atoms with Crippen LogP contribution in [0.25, 0.3) is 0 Å². The van der Waals surface area contributed by atoms with E-state index in [0.29, 0.717) is 22.7 Å². The molecule has 1 aromatic heterocycles. The van der Waals surface area contributed by atoms with Crippen LogP contribution in [-0.4, -0.2) is 63.4 Å². The quantitative estimate of drug-likeness (QED) is 0.317. The Balaban J connectivity index is 0.00000300. The molecule has 29 heavy (non-hydrogen) atoms. The van der Waals surface area contributed by atoms with E-state index in [1.165, 1.54) is 47.7 Å². The molecule has 1 spiro atoms. The van der Waals surface area contributed by atoms with Crippen LogP contribution in [0.1, 0.15) is 50.8 Å². The number of rotatable bonds is 7. The lowest BCUT2D eigenvalue weighted by Gasteiger charge is -2.25. The van der Waals surface area contributed by atoms with E-state index in [1.807, 2.05) is 27.0 Å². The molecule has 0 atom stereocenters. The third-order valence-corrected chi connectivity index (χ3v) is 9.87. The highest BCUT2D eigenvalue weighted by molar-refractivity contribution is 14.0. The van der Waals surface area contributed by atoms with Crippen LogP contribution in [0, 0.1) is 5.41 Å². The number of halogens is 1. The molecule has 166 valence electrons. The molecule has 0 amide bonds. The fraction of sp³-hybridized carbons (Fsp3) is 0.750. The minimum atomic E-state index is -3.35. The van der Waals surface area contributed by atoms with E-state index in [-0.39, 0.29) is 24.0 Å². The molecule has 1 saturated heterocycles. The summed E-state index contributed by atoms with van der Waals surface area (Å²) in [5.74, 6) is 0.983. The molecule has 1 aromatic rings. The van der Waals surface area contributed by atoms with Crippen molar-refractivity contribution >= 4 is 51.3 Å². The second-order valence-electron chi connectivity index (χ2n) is 7.91. The fourth-order valence-electron chi connectivity index (χ4n) is 4.60. The van der Waals surface area contributed by atoms with Gasteiger partial charge in [-0.25, -0.2) is 8.42 Å². The van der Waals surface area contributed by atoms with Gasteiger partial charge in [-0.05, 0) is 43.2 Å². The van der Waals surface area contributed by atoms with Gasteiger partial charge in [-0.3, -0.25) is 4.99 Å². The van der Waals surface area contributed by atoms with Gasteiger partial charge in [-0.15, -0.1) is 35.3 Å². The maximum Gasteiger partial charge on any atom is 0.252 e. The summed E-state index contributed by atoms with van der Waals surface area (Å²) in [6, 6.07) is 3.68. The number of nitrogens with zero attached hydrogens (tertiary/aromatic N) is 3. The van der Waals surface area contributed by atoms with Gasteiger partial charge in [-0.2, -0.15) is 4.31 Å². The monoisotopic (exact) mass is 554 g/mol. The van der Waals surface area contributed by atoms with Crippen molar-refractivity contribution < 1.29 is 8.42 Å². The van der Waals surface area contributed by atoms with Crippen LogP contribution in [0.3, 0.4) is 0 Å². The highest BCUT2D eigenvalue weighted by Gasteiger charge is 2.41. The molecule has 3 rings (SSSR count). The topological polar surface area (TPSA) is 65.0 Å². The number of nitrogens with one attached hydrogen (secondary N) is 1. The van der Waals surface area contributed by atoms with Gasteiger partial charge >= 0.3 is 0 Å². The van der Waals surface area contributed by atoms with Gasteiger partial charge in [-0.1, -0.05) is 26.7 Å². The third kappa shape index (κ3) is 5.65. The van der Waals surface area contributed by atoms with Gasteiger partial charge in [0.15, 0.2) is 5.96 Å². The second kappa shape index (κ2) is 10.8. The van der Waals surface area contributed by atoms with Crippen LogP contribution in [0.5, 0.6) is 0 Å². The van der Waals surface area contributed by atoms with Crippen molar-refractivity contribution in [2.24, 2.45) is 10.4 Å². The van der Waals surface area contributed by atoms with Crippen LogP contribution in [0.15, 0.2) is 21.3 Å². The van der Waals surface area contributed by atoms with Gasteiger partial charge in [0.2, 0.25) is 0 Å². The number of aliphatic imine (C=N–C) groups is 1. The predicted molar refractivity (Wildman–Crippen MR) is 132 cm³/mol. The van der Waals surface area contributed by atoms with Crippen molar-refractivity contribution in [1.29, 1.82) is 0 Å². The van der Waals surface area contributed by atoms with E-state index in [2.05, 4.69) is 15.2 Å². The SMILES string of the molecule is CCN(CC)S(=O)(=O)c1ccc(CCNC(=NC)N2CCC3(CCCC3)C2)s1.I. The zero-order valence-electron chi connectivity index (χ0n) is 17.8. The van der Waals surface area contributed by atoms with Gasteiger partial charge in [0, 0.05) is 44.6 Å². The Morgan fingerprint density at radius 3 is 2.55 bits per heavy atom. The highest BCUT2D eigenvalue weighted by atomic mass is 127. The van der Waals surface area contributed by atoms with E-state index in [0.717, 1.165) is 36.9 Å². The zero-order chi connectivity index (χ0) is 20.2. The summed E-state index contributed by atoms with van der Waals surface area (Å²) in [5.41, 5.74) is 0.527. The lowest BCUT2D eigenvalue weighted by atomic mass is 9.86. The standard InChI is InChI=1S/C20H34N4O2S2.HI/c1-4-24(5-2)28(25,26)18-9-8-17(27-18)10-14-22-19(21-3)23-15-13-20(16-23)11-6-7-12-20;/h8-9H,4-7,10-16H2,1-3H3,(H,21,22);1H. The minimum absolute atomic E-state index is 0. The number of guanidine groups is 1. The average molecular weight is 555 g/mol. The smallest absolute Gasteiger partial charge is 0.252 e. The van der Waals surface area contributed by atoms with Crippen LogP contribution in [0.2, 0.25) is 0 Å². The van der Waals surface area contributed by atoms with E-state index < -0.39 is 10.0 Å². The lowest BCUT2D eigenvalue weighted by Crippen LogP contribution is -2.41. The van der Waals surface area contributed by atoms with E-state index in [9.17, 15) is 8.42 Å². The van der Waals surface area contributed by atoms with E-state index >= 15 is 0 Å².